The number of aryl methyl sites for hydroxylation is 2. The van der Waals surface area contributed by atoms with Crippen LogP contribution < -0.4 is 20.5 Å². The number of urea groups is 1. The van der Waals surface area contributed by atoms with Crippen LogP contribution in [-0.2, 0) is 17.1 Å². The van der Waals surface area contributed by atoms with E-state index in [4.69, 9.17) is 9.15 Å². The molecule has 0 fully saturated rings. The zero-order valence-corrected chi connectivity index (χ0v) is 16.5. The number of sulfonamides is 1. The molecule has 0 atom stereocenters. The maximum absolute atomic E-state index is 12.7. The standard InChI is InChI=1S/C15H17N7O6S/c1-8-16-12(19-14(17-8)27-3)18-13(23)21-29(25,26)10-7-5-4-6-9(10)11-20-22(2)15(24)28-11/h6-7H,4-5H2,1-3H3,(H2,16,17,18,19,21,23). The second-order valence-corrected chi connectivity index (χ2v) is 7.46. The third-order valence-corrected chi connectivity index (χ3v) is 5.10. The largest absolute Gasteiger partial charge is 0.467 e. The first-order chi connectivity index (χ1) is 13.7. The number of anilines is 1. The van der Waals surface area contributed by atoms with Crippen LogP contribution in [0.1, 0.15) is 24.6 Å². The molecule has 14 heteroatoms. The van der Waals surface area contributed by atoms with E-state index in [1.54, 1.807) is 13.0 Å². The molecular weight excluding hydrogens is 406 g/mol. The first-order valence-corrected chi connectivity index (χ1v) is 9.73. The molecule has 3 rings (SSSR count). The smallest absolute Gasteiger partial charge is 0.437 e. The van der Waals surface area contributed by atoms with Gasteiger partial charge in [-0.3, -0.25) is 5.32 Å². The Hall–Kier alpha value is -3.55. The molecule has 0 unspecified atom stereocenters. The minimum atomic E-state index is -4.31. The summed E-state index contributed by atoms with van der Waals surface area (Å²) in [4.78, 5) is 35.1. The lowest BCUT2D eigenvalue weighted by atomic mass is 10.1. The second-order valence-electron chi connectivity index (χ2n) is 5.81. The van der Waals surface area contributed by atoms with Crippen molar-refractivity contribution >= 4 is 27.6 Å². The monoisotopic (exact) mass is 423 g/mol. The molecule has 0 saturated heterocycles. The highest BCUT2D eigenvalue weighted by Crippen LogP contribution is 2.30. The number of ether oxygens (including phenoxy) is 1. The fraction of sp³-hybridized carbons (Fsp3) is 0.333. The van der Waals surface area contributed by atoms with Crippen molar-refractivity contribution < 1.29 is 22.4 Å². The Labute approximate surface area is 164 Å². The highest BCUT2D eigenvalue weighted by atomic mass is 32.2. The number of aromatic nitrogens is 5. The van der Waals surface area contributed by atoms with Crippen molar-refractivity contribution in [2.45, 2.75) is 19.8 Å². The van der Waals surface area contributed by atoms with E-state index < -0.39 is 21.8 Å². The van der Waals surface area contributed by atoms with E-state index in [0.717, 1.165) is 4.68 Å². The van der Waals surface area contributed by atoms with Crippen molar-refractivity contribution in [3.63, 3.8) is 0 Å². The van der Waals surface area contributed by atoms with E-state index in [2.05, 4.69) is 25.4 Å². The molecule has 0 radical (unpaired) electrons. The molecule has 0 aliphatic heterocycles. The molecule has 0 saturated carbocycles. The van der Waals surface area contributed by atoms with Gasteiger partial charge in [0.05, 0.1) is 17.6 Å². The van der Waals surface area contributed by atoms with Crippen LogP contribution in [-0.4, -0.2) is 46.3 Å². The Bertz CT molecular complexity index is 1180. The maximum atomic E-state index is 12.7. The summed E-state index contributed by atoms with van der Waals surface area (Å²) in [7, 11) is -1.61. The van der Waals surface area contributed by atoms with E-state index >= 15 is 0 Å². The van der Waals surface area contributed by atoms with E-state index in [1.807, 2.05) is 4.72 Å². The third kappa shape index (κ3) is 4.48. The summed E-state index contributed by atoms with van der Waals surface area (Å²) in [5.41, 5.74) is 0.0897. The Morgan fingerprint density at radius 1 is 1.24 bits per heavy atom. The van der Waals surface area contributed by atoms with E-state index in [-0.39, 0.29) is 34.2 Å². The molecule has 1 aliphatic carbocycles. The normalized spacial score (nSPS) is 14.0. The van der Waals surface area contributed by atoms with Crippen LogP contribution in [0.5, 0.6) is 6.01 Å². The number of hydrogen-bond donors (Lipinski definition) is 2. The summed E-state index contributed by atoms with van der Waals surface area (Å²) in [5, 5.41) is 6.08. The minimum Gasteiger partial charge on any atom is -0.467 e. The molecule has 2 aromatic heterocycles. The number of rotatable bonds is 5. The molecule has 2 aromatic rings. The fourth-order valence-corrected chi connectivity index (χ4v) is 3.67. The molecule has 0 bridgehead atoms. The Morgan fingerprint density at radius 3 is 2.62 bits per heavy atom. The highest BCUT2D eigenvalue weighted by molar-refractivity contribution is 7.94. The van der Waals surface area contributed by atoms with Crippen LogP contribution >= 0.6 is 0 Å². The minimum absolute atomic E-state index is 0.0407. The van der Waals surface area contributed by atoms with Gasteiger partial charge in [-0.2, -0.15) is 19.6 Å². The molecule has 2 heterocycles. The molecule has 2 N–H and O–H groups in total. The molecule has 154 valence electrons. The summed E-state index contributed by atoms with van der Waals surface area (Å²) >= 11 is 0. The summed E-state index contributed by atoms with van der Waals surface area (Å²) in [6.45, 7) is 1.55. The molecule has 2 amide bonds. The third-order valence-electron chi connectivity index (χ3n) is 3.68. The Morgan fingerprint density at radius 2 is 1.97 bits per heavy atom. The van der Waals surface area contributed by atoms with E-state index in [9.17, 15) is 18.0 Å². The lowest BCUT2D eigenvalue weighted by Crippen LogP contribution is -2.36. The van der Waals surface area contributed by atoms with Gasteiger partial charge in [0.2, 0.25) is 11.8 Å². The number of nitrogens with one attached hydrogen (secondary N) is 2. The second kappa shape index (κ2) is 7.83. The van der Waals surface area contributed by atoms with Gasteiger partial charge in [-0.05, 0) is 19.8 Å². The molecule has 13 nitrogen and oxygen atoms in total. The van der Waals surface area contributed by atoms with E-state index in [1.165, 1.54) is 20.2 Å². The first kappa shape index (κ1) is 20.2. The highest BCUT2D eigenvalue weighted by Gasteiger charge is 2.29. The fourth-order valence-electron chi connectivity index (χ4n) is 2.46. The summed E-state index contributed by atoms with van der Waals surface area (Å²) in [6, 6.07) is -1.13. The van der Waals surface area contributed by atoms with Gasteiger partial charge in [0.15, 0.2) is 0 Å². The van der Waals surface area contributed by atoms with Gasteiger partial charge in [0, 0.05) is 7.05 Å². The van der Waals surface area contributed by atoms with Crippen molar-refractivity contribution in [3.8, 4) is 6.01 Å². The van der Waals surface area contributed by atoms with Crippen LogP contribution in [0, 0.1) is 6.92 Å². The van der Waals surface area contributed by atoms with E-state index in [0.29, 0.717) is 12.8 Å². The van der Waals surface area contributed by atoms with Crippen LogP contribution in [0.15, 0.2) is 26.3 Å². The van der Waals surface area contributed by atoms with Crippen molar-refractivity contribution in [2.75, 3.05) is 12.4 Å². The van der Waals surface area contributed by atoms with Gasteiger partial charge in [0.1, 0.15) is 5.82 Å². The van der Waals surface area contributed by atoms with Crippen LogP contribution in [0.3, 0.4) is 0 Å². The van der Waals surface area contributed by atoms with Gasteiger partial charge in [0.25, 0.3) is 10.0 Å². The molecule has 1 aliphatic rings. The number of carbonyl (C=O) groups is 1. The van der Waals surface area contributed by atoms with Crippen LogP contribution in [0.25, 0.3) is 5.57 Å². The van der Waals surface area contributed by atoms with Crippen molar-refractivity contribution in [3.05, 3.63) is 39.3 Å². The zero-order chi connectivity index (χ0) is 21.2. The van der Waals surface area contributed by atoms with Crippen molar-refractivity contribution in [1.29, 1.82) is 0 Å². The number of amides is 2. The maximum Gasteiger partial charge on any atom is 0.437 e. The van der Waals surface area contributed by atoms with Gasteiger partial charge in [-0.25, -0.2) is 22.7 Å². The first-order valence-electron chi connectivity index (χ1n) is 8.25. The molecule has 0 spiro atoms. The zero-order valence-electron chi connectivity index (χ0n) is 15.7. The average Bonchev–Trinajstić information content (AvgIpc) is 2.99. The SMILES string of the molecule is COc1nc(C)nc(NC(=O)NS(=O)(=O)C2=CCCC=C2c2nn(C)c(=O)o2)n1. The van der Waals surface area contributed by atoms with Gasteiger partial charge >= 0.3 is 17.8 Å². The van der Waals surface area contributed by atoms with Gasteiger partial charge in [-0.15, -0.1) is 5.10 Å². The quantitative estimate of drug-likeness (QED) is 0.671. The molecule has 29 heavy (non-hydrogen) atoms. The van der Waals surface area contributed by atoms with Crippen LogP contribution in [0.4, 0.5) is 10.7 Å². The number of allylic oxidation sites excluding steroid dienone is 3. The van der Waals surface area contributed by atoms with Gasteiger partial charge in [-0.1, -0.05) is 12.2 Å². The Balaban J connectivity index is 1.81. The number of carbonyl (C=O) groups excluding carboxylic acids is 1. The summed E-state index contributed by atoms with van der Waals surface area (Å²) in [6.07, 6.45) is 3.92. The van der Waals surface area contributed by atoms with Crippen molar-refractivity contribution in [2.24, 2.45) is 7.05 Å². The molecular formula is C15H17N7O6S. The van der Waals surface area contributed by atoms with Gasteiger partial charge < -0.3 is 9.15 Å². The average molecular weight is 423 g/mol. The topological polar surface area (TPSA) is 171 Å². The van der Waals surface area contributed by atoms with Crippen LogP contribution in [0.2, 0.25) is 0 Å². The number of hydrogen-bond acceptors (Lipinski definition) is 10. The molecule has 0 aromatic carbocycles. The predicted octanol–water partition coefficient (Wildman–Crippen LogP) is 0.0879. The predicted molar refractivity (Wildman–Crippen MR) is 99.2 cm³/mol. The Kier molecular flexibility index (Phi) is 5.45. The van der Waals surface area contributed by atoms with Crippen molar-refractivity contribution in [1.82, 2.24) is 29.5 Å². The summed E-state index contributed by atoms with van der Waals surface area (Å²) < 4.78 is 38.1. The number of methoxy groups -OCH3 is 1. The summed E-state index contributed by atoms with van der Waals surface area (Å²) in [5.74, 6) is -0.827. The lowest BCUT2D eigenvalue weighted by molar-refractivity contribution is 0.256. The lowest BCUT2D eigenvalue weighted by Gasteiger charge is -2.15. The number of nitrogens with zero attached hydrogens (tertiary/aromatic N) is 5.